The first-order valence-electron chi connectivity index (χ1n) is 5.60. The molecule has 2 atom stereocenters. The van der Waals surface area contributed by atoms with E-state index in [4.69, 9.17) is 9.47 Å². The van der Waals surface area contributed by atoms with E-state index in [1.54, 1.807) is 0 Å². The molecule has 1 heterocycles. The molecule has 0 radical (unpaired) electrons. The van der Waals surface area contributed by atoms with E-state index < -0.39 is 5.54 Å². The average Bonchev–Trinajstić information content (AvgIpc) is 2.99. The molecule has 1 aliphatic carbocycles. The first-order chi connectivity index (χ1) is 7.30. The molecule has 0 bridgehead atoms. The van der Waals surface area contributed by atoms with Crippen molar-refractivity contribution >= 4 is 0 Å². The van der Waals surface area contributed by atoms with E-state index in [9.17, 15) is 5.26 Å². The third kappa shape index (κ3) is 2.31. The largest absolute Gasteiger partial charge is 0.379 e. The molecule has 1 saturated heterocycles. The lowest BCUT2D eigenvalue weighted by molar-refractivity contribution is 0.0137. The molecule has 4 heteroatoms. The highest BCUT2D eigenvalue weighted by Gasteiger charge is 2.45. The van der Waals surface area contributed by atoms with Gasteiger partial charge in [0.25, 0.3) is 0 Å². The monoisotopic (exact) mass is 210 g/mol. The Hall–Kier alpha value is -0.630. The van der Waals surface area contributed by atoms with E-state index in [0.717, 1.165) is 25.9 Å². The minimum absolute atomic E-state index is 0.185. The second-order valence-electron chi connectivity index (χ2n) is 4.40. The molecule has 2 unspecified atom stereocenters. The van der Waals surface area contributed by atoms with Crippen LogP contribution in [0.15, 0.2) is 0 Å². The average molecular weight is 210 g/mol. The summed E-state index contributed by atoms with van der Waals surface area (Å²) in [6, 6.07) is 2.37. The molecule has 15 heavy (non-hydrogen) atoms. The first kappa shape index (κ1) is 10.9. The normalized spacial score (nSPS) is 29.7. The van der Waals surface area contributed by atoms with Crippen molar-refractivity contribution < 1.29 is 9.47 Å². The first-order valence-corrected chi connectivity index (χ1v) is 5.60. The Morgan fingerprint density at radius 1 is 1.53 bits per heavy atom. The minimum Gasteiger partial charge on any atom is -0.379 e. The predicted octanol–water partition coefficient (Wildman–Crippen LogP) is 0.684. The molecule has 0 spiro atoms. The molecule has 1 saturated carbocycles. The molecule has 4 nitrogen and oxygen atoms in total. The molecular weight excluding hydrogens is 192 g/mol. The van der Waals surface area contributed by atoms with E-state index in [2.05, 4.69) is 11.4 Å². The Bertz CT molecular complexity index is 254. The number of likely N-dealkylation sites (N-methyl/N-ethyl adjacent to an activating group) is 1. The van der Waals surface area contributed by atoms with Gasteiger partial charge in [-0.3, -0.25) is 0 Å². The summed E-state index contributed by atoms with van der Waals surface area (Å²) in [7, 11) is 1.84. The zero-order chi connectivity index (χ0) is 10.7. The highest BCUT2D eigenvalue weighted by atomic mass is 16.5. The van der Waals surface area contributed by atoms with Crippen molar-refractivity contribution in [2.75, 3.05) is 26.9 Å². The summed E-state index contributed by atoms with van der Waals surface area (Å²) >= 11 is 0. The second kappa shape index (κ2) is 4.48. The molecule has 0 aromatic heterocycles. The zero-order valence-corrected chi connectivity index (χ0v) is 9.16. The highest BCUT2D eigenvalue weighted by Crippen LogP contribution is 2.39. The molecule has 2 rings (SSSR count). The van der Waals surface area contributed by atoms with E-state index in [1.807, 2.05) is 7.05 Å². The fourth-order valence-electron chi connectivity index (χ4n) is 2.04. The van der Waals surface area contributed by atoms with Crippen molar-refractivity contribution in [3.63, 3.8) is 0 Å². The number of hydrogen-bond donors (Lipinski definition) is 1. The Kier molecular flexibility index (Phi) is 3.25. The van der Waals surface area contributed by atoms with Crippen LogP contribution in [0.4, 0.5) is 0 Å². The summed E-state index contributed by atoms with van der Waals surface area (Å²) in [5, 5.41) is 12.4. The van der Waals surface area contributed by atoms with Gasteiger partial charge in [-0.25, -0.2) is 0 Å². The van der Waals surface area contributed by atoms with Crippen molar-refractivity contribution in [2.45, 2.75) is 30.9 Å². The number of rotatable bonds is 5. The van der Waals surface area contributed by atoms with Crippen LogP contribution in [0.5, 0.6) is 0 Å². The number of nitrogens with one attached hydrogen (secondary N) is 1. The van der Waals surface area contributed by atoms with Gasteiger partial charge in [0.15, 0.2) is 0 Å². The van der Waals surface area contributed by atoms with Crippen LogP contribution in [-0.4, -0.2) is 38.5 Å². The van der Waals surface area contributed by atoms with Gasteiger partial charge in [-0.05, 0) is 32.2 Å². The molecule has 0 aromatic carbocycles. The molecule has 84 valence electrons. The standard InChI is InChI=1S/C11H18N2O2/c1-13-11(7-12,9-2-3-9)8-15-10-4-5-14-6-10/h9-10,13H,2-6,8H2,1H3. The molecule has 1 aliphatic heterocycles. The van der Waals surface area contributed by atoms with Gasteiger partial charge in [-0.2, -0.15) is 5.26 Å². The summed E-state index contributed by atoms with van der Waals surface area (Å²) < 4.78 is 11.0. The van der Waals surface area contributed by atoms with Crippen LogP contribution in [0.3, 0.4) is 0 Å². The van der Waals surface area contributed by atoms with Gasteiger partial charge in [-0.15, -0.1) is 0 Å². The van der Waals surface area contributed by atoms with Crippen LogP contribution in [0, 0.1) is 17.2 Å². The number of nitriles is 1. The second-order valence-corrected chi connectivity index (χ2v) is 4.40. The maximum Gasteiger partial charge on any atom is 0.132 e. The quantitative estimate of drug-likeness (QED) is 0.725. The van der Waals surface area contributed by atoms with E-state index in [-0.39, 0.29) is 6.10 Å². The van der Waals surface area contributed by atoms with Gasteiger partial charge in [0.1, 0.15) is 5.54 Å². The van der Waals surface area contributed by atoms with Gasteiger partial charge in [0.05, 0.1) is 25.4 Å². The van der Waals surface area contributed by atoms with Crippen molar-refractivity contribution in [2.24, 2.45) is 5.92 Å². The maximum atomic E-state index is 9.24. The lowest BCUT2D eigenvalue weighted by Crippen LogP contribution is -2.49. The molecule has 0 aromatic rings. The molecule has 2 aliphatic rings. The predicted molar refractivity (Wildman–Crippen MR) is 55.3 cm³/mol. The summed E-state index contributed by atoms with van der Waals surface area (Å²) in [5.74, 6) is 0.467. The van der Waals surface area contributed by atoms with Gasteiger partial charge in [0, 0.05) is 6.61 Å². The van der Waals surface area contributed by atoms with Crippen LogP contribution in [0.1, 0.15) is 19.3 Å². The fraction of sp³-hybridized carbons (Fsp3) is 0.909. The Morgan fingerprint density at radius 3 is 2.80 bits per heavy atom. The maximum absolute atomic E-state index is 9.24. The fourth-order valence-corrected chi connectivity index (χ4v) is 2.04. The topological polar surface area (TPSA) is 54.3 Å². The van der Waals surface area contributed by atoms with Gasteiger partial charge < -0.3 is 14.8 Å². The van der Waals surface area contributed by atoms with Crippen LogP contribution >= 0.6 is 0 Å². The summed E-state index contributed by atoms with van der Waals surface area (Å²) in [6.07, 6.45) is 3.41. The van der Waals surface area contributed by atoms with Crippen LogP contribution < -0.4 is 5.32 Å². The van der Waals surface area contributed by atoms with Crippen LogP contribution in [0.2, 0.25) is 0 Å². The van der Waals surface area contributed by atoms with Crippen molar-refractivity contribution in [1.29, 1.82) is 5.26 Å². The summed E-state index contributed by atoms with van der Waals surface area (Å²) in [5.41, 5.74) is -0.470. The number of hydrogen-bond acceptors (Lipinski definition) is 4. The molecular formula is C11H18N2O2. The Balaban J connectivity index is 1.86. The number of nitrogens with zero attached hydrogens (tertiary/aromatic N) is 1. The summed E-state index contributed by atoms with van der Waals surface area (Å²) in [4.78, 5) is 0. The summed E-state index contributed by atoms with van der Waals surface area (Å²) in [6.45, 7) is 1.95. The Labute approximate surface area is 90.5 Å². The Morgan fingerprint density at radius 2 is 2.33 bits per heavy atom. The molecule has 0 amide bonds. The molecule has 1 N–H and O–H groups in total. The van der Waals surface area contributed by atoms with Gasteiger partial charge in [-0.1, -0.05) is 0 Å². The lowest BCUT2D eigenvalue weighted by Gasteiger charge is -2.27. The van der Waals surface area contributed by atoms with Crippen molar-refractivity contribution in [3.8, 4) is 6.07 Å². The SMILES string of the molecule is CNC(C#N)(COC1CCOC1)C1CC1. The van der Waals surface area contributed by atoms with E-state index in [1.165, 1.54) is 0 Å². The van der Waals surface area contributed by atoms with Gasteiger partial charge >= 0.3 is 0 Å². The zero-order valence-electron chi connectivity index (χ0n) is 9.16. The van der Waals surface area contributed by atoms with E-state index in [0.29, 0.717) is 19.1 Å². The van der Waals surface area contributed by atoms with Crippen molar-refractivity contribution in [3.05, 3.63) is 0 Å². The van der Waals surface area contributed by atoms with E-state index >= 15 is 0 Å². The lowest BCUT2D eigenvalue weighted by atomic mass is 9.96. The third-order valence-electron chi connectivity index (χ3n) is 3.35. The third-order valence-corrected chi connectivity index (χ3v) is 3.35. The van der Waals surface area contributed by atoms with Crippen LogP contribution in [0.25, 0.3) is 0 Å². The number of ether oxygens (including phenoxy) is 2. The van der Waals surface area contributed by atoms with Crippen LogP contribution in [-0.2, 0) is 9.47 Å². The highest BCUT2D eigenvalue weighted by molar-refractivity contribution is 5.15. The van der Waals surface area contributed by atoms with Crippen molar-refractivity contribution in [1.82, 2.24) is 5.32 Å². The minimum atomic E-state index is -0.470. The van der Waals surface area contributed by atoms with Gasteiger partial charge in [0.2, 0.25) is 0 Å². The smallest absolute Gasteiger partial charge is 0.132 e. The molecule has 2 fully saturated rings.